The molecule has 0 radical (unpaired) electrons. The van der Waals surface area contributed by atoms with E-state index in [-0.39, 0.29) is 12.4 Å². The Labute approximate surface area is 197 Å². The summed E-state index contributed by atoms with van der Waals surface area (Å²) >= 11 is 5.64. The van der Waals surface area contributed by atoms with E-state index in [0.717, 1.165) is 21.3 Å². The van der Waals surface area contributed by atoms with Crippen molar-refractivity contribution in [3.63, 3.8) is 0 Å². The van der Waals surface area contributed by atoms with E-state index in [4.69, 9.17) is 4.74 Å². The Morgan fingerprint density at radius 3 is 2.42 bits per heavy atom. The van der Waals surface area contributed by atoms with Gasteiger partial charge in [0.15, 0.2) is 5.82 Å². The molecular formula is C20H16BrF3IN5O. The summed E-state index contributed by atoms with van der Waals surface area (Å²) in [5.41, 5.74) is 3.61. The molecule has 3 heterocycles. The summed E-state index contributed by atoms with van der Waals surface area (Å²) in [6.45, 7) is 3.96. The fourth-order valence-electron chi connectivity index (χ4n) is 3.27. The number of alkyl halides is 3. The topological polar surface area (TPSA) is 57.2 Å². The molecular weight excluding hydrogens is 590 g/mol. The molecule has 0 aliphatic heterocycles. The van der Waals surface area contributed by atoms with Gasteiger partial charge in [0, 0.05) is 10.2 Å². The molecule has 0 fully saturated rings. The summed E-state index contributed by atoms with van der Waals surface area (Å²) in [6, 6.07) is 8.91. The van der Waals surface area contributed by atoms with Crippen molar-refractivity contribution < 1.29 is 17.9 Å². The zero-order chi connectivity index (χ0) is 22.5. The van der Waals surface area contributed by atoms with E-state index in [1.165, 1.54) is 4.68 Å². The highest BCUT2D eigenvalue weighted by Crippen LogP contribution is 2.33. The Morgan fingerprint density at radius 2 is 1.81 bits per heavy atom. The number of methoxy groups -OCH3 is 1. The van der Waals surface area contributed by atoms with Crippen LogP contribution in [0.4, 0.5) is 13.2 Å². The Morgan fingerprint density at radius 1 is 1.13 bits per heavy atom. The molecule has 4 rings (SSSR count). The molecule has 3 aromatic heterocycles. The third-order valence-corrected chi connectivity index (χ3v) is 7.01. The summed E-state index contributed by atoms with van der Waals surface area (Å²) in [4.78, 5) is 8.42. The first-order valence-corrected chi connectivity index (χ1v) is 11.0. The van der Waals surface area contributed by atoms with E-state index in [1.807, 2.05) is 24.3 Å². The maximum atomic E-state index is 13.4. The predicted octanol–water partition coefficient (Wildman–Crippen LogP) is 5.65. The molecule has 162 valence electrons. The first-order chi connectivity index (χ1) is 14.6. The van der Waals surface area contributed by atoms with Crippen molar-refractivity contribution in [1.82, 2.24) is 24.1 Å². The monoisotopic (exact) mass is 605 g/mol. The molecule has 1 aromatic carbocycles. The van der Waals surface area contributed by atoms with Gasteiger partial charge in [-0.3, -0.25) is 4.40 Å². The first-order valence-electron chi connectivity index (χ1n) is 9.09. The number of nitrogens with zero attached hydrogens (tertiary/aromatic N) is 5. The fourth-order valence-corrected chi connectivity index (χ4v) is 4.53. The summed E-state index contributed by atoms with van der Waals surface area (Å²) < 4.78 is 50.1. The van der Waals surface area contributed by atoms with Gasteiger partial charge in [-0.25, -0.2) is 14.6 Å². The number of benzene rings is 1. The van der Waals surface area contributed by atoms with E-state index in [2.05, 4.69) is 53.6 Å². The smallest absolute Gasteiger partial charge is 0.453 e. The van der Waals surface area contributed by atoms with Crippen LogP contribution in [0.3, 0.4) is 0 Å². The van der Waals surface area contributed by atoms with Gasteiger partial charge in [0.2, 0.25) is 0 Å². The van der Waals surface area contributed by atoms with Crippen LogP contribution in [0.25, 0.3) is 17.2 Å². The largest absolute Gasteiger partial charge is 0.497 e. The van der Waals surface area contributed by atoms with Gasteiger partial charge in [-0.2, -0.15) is 13.2 Å². The molecule has 0 saturated carbocycles. The molecule has 0 N–H and O–H groups in total. The average Bonchev–Trinajstić information content (AvgIpc) is 3.28. The predicted molar refractivity (Wildman–Crippen MR) is 121 cm³/mol. The normalized spacial score (nSPS) is 12.0. The van der Waals surface area contributed by atoms with E-state index < -0.39 is 12.0 Å². The standard InChI is InChI=1S/C20H16BrF3IN5O/c1-10-8-14-26-16(17(25)30(14)11(2)15(10)21)18-27-19(20(22,23)24)28-29(18)9-12-4-6-13(31-3)7-5-12/h4-8H,9H2,1-3H3. The quantitative estimate of drug-likeness (QED) is 0.282. The number of hydrogen-bond donors (Lipinski definition) is 0. The molecule has 0 saturated heterocycles. The van der Waals surface area contributed by atoms with Crippen LogP contribution in [-0.2, 0) is 12.7 Å². The molecule has 31 heavy (non-hydrogen) atoms. The van der Waals surface area contributed by atoms with Crippen molar-refractivity contribution in [2.75, 3.05) is 7.11 Å². The number of imidazole rings is 1. The number of aromatic nitrogens is 5. The number of fused-ring (bicyclic) bond motifs is 1. The maximum Gasteiger partial charge on any atom is 0.453 e. The minimum Gasteiger partial charge on any atom is -0.497 e. The summed E-state index contributed by atoms with van der Waals surface area (Å²) in [5.74, 6) is -0.479. The van der Waals surface area contributed by atoms with Crippen LogP contribution in [0.15, 0.2) is 34.8 Å². The van der Waals surface area contributed by atoms with Crippen LogP contribution < -0.4 is 4.74 Å². The average molecular weight is 606 g/mol. The van der Waals surface area contributed by atoms with Gasteiger partial charge in [-0.05, 0) is 81.7 Å². The number of aryl methyl sites for hydroxylation is 2. The van der Waals surface area contributed by atoms with Crippen LogP contribution in [0.2, 0.25) is 0 Å². The highest BCUT2D eigenvalue weighted by atomic mass is 127. The van der Waals surface area contributed by atoms with Crippen LogP contribution in [-0.4, -0.2) is 31.3 Å². The molecule has 11 heteroatoms. The van der Waals surface area contributed by atoms with Gasteiger partial charge in [0.25, 0.3) is 5.82 Å². The van der Waals surface area contributed by atoms with Crippen LogP contribution in [0.5, 0.6) is 5.75 Å². The summed E-state index contributed by atoms with van der Waals surface area (Å²) in [5, 5.41) is 3.75. The Balaban J connectivity index is 1.88. The minimum absolute atomic E-state index is 0.0596. The lowest BCUT2D eigenvalue weighted by molar-refractivity contribution is -0.144. The van der Waals surface area contributed by atoms with E-state index in [0.29, 0.717) is 20.8 Å². The maximum absolute atomic E-state index is 13.4. The van der Waals surface area contributed by atoms with Crippen molar-refractivity contribution >= 4 is 44.2 Å². The second-order valence-corrected chi connectivity index (χ2v) is 8.75. The van der Waals surface area contributed by atoms with Crippen LogP contribution >= 0.6 is 38.5 Å². The molecule has 0 amide bonds. The lowest BCUT2D eigenvalue weighted by Crippen LogP contribution is -2.09. The highest BCUT2D eigenvalue weighted by molar-refractivity contribution is 14.1. The number of halogens is 5. The van der Waals surface area contributed by atoms with Crippen molar-refractivity contribution in [1.29, 1.82) is 0 Å². The third kappa shape index (κ3) is 4.04. The fraction of sp³-hybridized carbons (Fsp3) is 0.250. The molecule has 0 aliphatic rings. The van der Waals surface area contributed by atoms with Gasteiger partial charge in [0.05, 0.1) is 13.7 Å². The molecule has 0 bridgehead atoms. The number of ether oxygens (including phenoxy) is 1. The van der Waals surface area contributed by atoms with Crippen molar-refractivity contribution in [2.45, 2.75) is 26.6 Å². The van der Waals surface area contributed by atoms with Gasteiger partial charge >= 0.3 is 6.18 Å². The van der Waals surface area contributed by atoms with Crippen molar-refractivity contribution in [2.24, 2.45) is 0 Å². The molecule has 0 aliphatic carbocycles. The number of rotatable bonds is 4. The van der Waals surface area contributed by atoms with E-state index in [9.17, 15) is 13.2 Å². The second kappa shape index (κ2) is 8.08. The summed E-state index contributed by atoms with van der Waals surface area (Å²) in [6.07, 6.45) is -4.67. The van der Waals surface area contributed by atoms with Crippen molar-refractivity contribution in [3.8, 4) is 17.3 Å². The SMILES string of the molecule is COc1ccc(Cn2nc(C(F)(F)F)nc2-c2nc3cc(C)c(Br)c(C)n3c2I)cc1. The van der Waals surface area contributed by atoms with Gasteiger partial charge in [-0.15, -0.1) is 5.10 Å². The third-order valence-electron chi connectivity index (χ3n) is 4.82. The zero-order valence-corrected chi connectivity index (χ0v) is 20.4. The highest BCUT2D eigenvalue weighted by Gasteiger charge is 2.38. The Bertz CT molecular complexity index is 1280. The molecule has 0 unspecified atom stereocenters. The lowest BCUT2D eigenvalue weighted by Gasteiger charge is -2.07. The van der Waals surface area contributed by atoms with Gasteiger partial charge in [0.1, 0.15) is 20.8 Å². The van der Waals surface area contributed by atoms with Gasteiger partial charge < -0.3 is 4.74 Å². The molecule has 4 aromatic rings. The summed E-state index contributed by atoms with van der Waals surface area (Å²) in [7, 11) is 1.55. The van der Waals surface area contributed by atoms with E-state index >= 15 is 0 Å². The number of pyridine rings is 1. The zero-order valence-electron chi connectivity index (χ0n) is 16.6. The minimum atomic E-state index is -4.67. The van der Waals surface area contributed by atoms with Crippen LogP contribution in [0.1, 0.15) is 22.6 Å². The lowest BCUT2D eigenvalue weighted by atomic mass is 10.2. The Kier molecular flexibility index (Phi) is 5.75. The van der Waals surface area contributed by atoms with Crippen LogP contribution in [0, 0.1) is 17.5 Å². The molecule has 6 nitrogen and oxygen atoms in total. The van der Waals surface area contributed by atoms with Crippen molar-refractivity contribution in [3.05, 3.63) is 61.2 Å². The second-order valence-electron chi connectivity index (χ2n) is 6.93. The molecule has 0 atom stereocenters. The van der Waals surface area contributed by atoms with Gasteiger partial charge in [-0.1, -0.05) is 12.1 Å². The Hall–Kier alpha value is -2.15. The van der Waals surface area contributed by atoms with E-state index in [1.54, 1.807) is 31.4 Å². The molecule has 0 spiro atoms. The first kappa shape index (κ1) is 22.1. The number of hydrogen-bond acceptors (Lipinski definition) is 4.